The summed E-state index contributed by atoms with van der Waals surface area (Å²) in [4.78, 5) is 12.2. The summed E-state index contributed by atoms with van der Waals surface area (Å²) in [5.74, 6) is 1.93. The highest BCUT2D eigenvalue weighted by molar-refractivity contribution is 7.99. The first-order valence-electron chi connectivity index (χ1n) is 10.2. The second-order valence-electron chi connectivity index (χ2n) is 7.21. The molecule has 0 aliphatic carbocycles. The van der Waals surface area contributed by atoms with Crippen LogP contribution < -0.4 is 10.1 Å². The van der Waals surface area contributed by atoms with Crippen LogP contribution in [0.3, 0.4) is 0 Å². The number of nitrogens with zero attached hydrogens (tertiary/aromatic N) is 3. The predicted octanol–water partition coefficient (Wildman–Crippen LogP) is 5.08. The smallest absolute Gasteiger partial charge is 0.234 e. The number of aryl methyl sites for hydroxylation is 3. The minimum atomic E-state index is -0.0643. The van der Waals surface area contributed by atoms with E-state index >= 15 is 0 Å². The molecule has 0 radical (unpaired) electrons. The number of anilines is 1. The van der Waals surface area contributed by atoms with E-state index in [-0.39, 0.29) is 11.7 Å². The maximum Gasteiger partial charge on any atom is 0.234 e. The number of amides is 1. The average Bonchev–Trinajstić information content (AvgIpc) is 3.11. The average molecular weight is 459 g/mol. The second kappa shape index (κ2) is 11.2. The van der Waals surface area contributed by atoms with Gasteiger partial charge in [0.2, 0.25) is 5.91 Å². The highest BCUT2D eigenvalue weighted by Crippen LogP contribution is 2.22. The molecule has 0 unspecified atom stereocenters. The molecule has 0 bridgehead atoms. The number of nitrogens with one attached hydrogen (secondary N) is 1. The third kappa shape index (κ3) is 6.74. The van der Waals surface area contributed by atoms with E-state index in [9.17, 15) is 4.79 Å². The van der Waals surface area contributed by atoms with Gasteiger partial charge in [-0.1, -0.05) is 42.4 Å². The third-order valence-electron chi connectivity index (χ3n) is 4.84. The minimum absolute atomic E-state index is 0.0643. The molecule has 0 fully saturated rings. The van der Waals surface area contributed by atoms with Crippen molar-refractivity contribution >= 4 is 35.0 Å². The first-order valence-corrected chi connectivity index (χ1v) is 11.6. The van der Waals surface area contributed by atoms with E-state index in [4.69, 9.17) is 16.3 Å². The van der Waals surface area contributed by atoms with Crippen molar-refractivity contribution in [1.82, 2.24) is 14.8 Å². The fourth-order valence-corrected chi connectivity index (χ4v) is 3.98. The van der Waals surface area contributed by atoms with Crippen molar-refractivity contribution in [3.63, 3.8) is 0 Å². The lowest BCUT2D eigenvalue weighted by atomic mass is 10.1. The number of aromatic nitrogens is 3. The van der Waals surface area contributed by atoms with Crippen LogP contribution in [-0.4, -0.2) is 33.0 Å². The Morgan fingerprint density at radius 2 is 1.97 bits per heavy atom. The molecule has 3 rings (SSSR count). The zero-order chi connectivity index (χ0) is 22.2. The first-order chi connectivity index (χ1) is 15.0. The van der Waals surface area contributed by atoms with Gasteiger partial charge in [-0.2, -0.15) is 0 Å². The van der Waals surface area contributed by atoms with E-state index in [0.29, 0.717) is 11.6 Å². The van der Waals surface area contributed by atoms with E-state index in [0.717, 1.165) is 47.2 Å². The van der Waals surface area contributed by atoms with Gasteiger partial charge < -0.3 is 14.6 Å². The van der Waals surface area contributed by atoms with Crippen molar-refractivity contribution < 1.29 is 9.53 Å². The quantitative estimate of drug-likeness (QED) is 0.339. The van der Waals surface area contributed by atoms with E-state index in [1.54, 1.807) is 0 Å². The van der Waals surface area contributed by atoms with Crippen LogP contribution in [0, 0.1) is 6.92 Å². The Labute approximate surface area is 192 Å². The maximum absolute atomic E-state index is 12.2. The lowest BCUT2D eigenvalue weighted by molar-refractivity contribution is -0.113. The number of rotatable bonds is 10. The number of carbonyl (C=O) groups excluding carboxylic acids is 1. The van der Waals surface area contributed by atoms with Crippen LogP contribution in [-0.2, 0) is 24.7 Å². The molecule has 0 spiro atoms. The highest BCUT2D eigenvalue weighted by atomic mass is 35.5. The normalized spacial score (nSPS) is 10.8. The summed E-state index contributed by atoms with van der Waals surface area (Å²) >= 11 is 7.35. The molecule has 0 aliphatic heterocycles. The molecule has 164 valence electrons. The molecule has 6 nitrogen and oxygen atoms in total. The van der Waals surface area contributed by atoms with Gasteiger partial charge in [0.25, 0.3) is 0 Å². The zero-order valence-electron chi connectivity index (χ0n) is 18.0. The molecule has 8 heteroatoms. The number of benzene rings is 2. The third-order valence-corrected chi connectivity index (χ3v) is 6.10. The molecule has 1 amide bonds. The Morgan fingerprint density at radius 3 is 2.68 bits per heavy atom. The van der Waals surface area contributed by atoms with E-state index < -0.39 is 0 Å². The molecule has 1 aromatic heterocycles. The Kier molecular flexibility index (Phi) is 8.37. The van der Waals surface area contributed by atoms with Gasteiger partial charge in [0.15, 0.2) is 5.16 Å². The number of ether oxygens (including phenoxy) is 1. The van der Waals surface area contributed by atoms with Gasteiger partial charge in [0.1, 0.15) is 11.6 Å². The number of halogens is 1. The summed E-state index contributed by atoms with van der Waals surface area (Å²) in [6, 6.07) is 13.5. The second-order valence-corrected chi connectivity index (χ2v) is 8.59. The summed E-state index contributed by atoms with van der Waals surface area (Å²) in [7, 11) is 1.92. The number of thioether (sulfide) groups is 1. The van der Waals surface area contributed by atoms with Crippen molar-refractivity contribution in [2.24, 2.45) is 7.05 Å². The van der Waals surface area contributed by atoms with Crippen molar-refractivity contribution in [2.45, 2.75) is 38.3 Å². The van der Waals surface area contributed by atoms with Gasteiger partial charge in [-0.25, -0.2) is 0 Å². The van der Waals surface area contributed by atoms with E-state index in [2.05, 4.69) is 22.4 Å². The Balaban J connectivity index is 1.43. The van der Waals surface area contributed by atoms with Crippen LogP contribution in [0.5, 0.6) is 5.75 Å². The maximum atomic E-state index is 12.2. The number of hydrogen-bond acceptors (Lipinski definition) is 5. The summed E-state index contributed by atoms with van der Waals surface area (Å²) in [5.41, 5.74) is 3.06. The van der Waals surface area contributed by atoms with Crippen molar-refractivity contribution in [3.05, 3.63) is 64.4 Å². The van der Waals surface area contributed by atoms with Crippen LogP contribution in [0.2, 0.25) is 5.02 Å². The van der Waals surface area contributed by atoms with Gasteiger partial charge in [-0.15, -0.1) is 10.2 Å². The van der Waals surface area contributed by atoms with Crippen molar-refractivity contribution in [2.75, 3.05) is 17.7 Å². The van der Waals surface area contributed by atoms with Crippen LogP contribution >= 0.6 is 23.4 Å². The lowest BCUT2D eigenvalue weighted by Gasteiger charge is -2.09. The van der Waals surface area contributed by atoms with Crippen molar-refractivity contribution in [3.8, 4) is 5.75 Å². The van der Waals surface area contributed by atoms with Gasteiger partial charge in [0.05, 0.1) is 12.4 Å². The summed E-state index contributed by atoms with van der Waals surface area (Å²) in [6.07, 6.45) is 2.53. The molecule has 1 heterocycles. The van der Waals surface area contributed by atoms with Gasteiger partial charge >= 0.3 is 0 Å². The monoisotopic (exact) mass is 458 g/mol. The van der Waals surface area contributed by atoms with Gasteiger partial charge in [-0.05, 0) is 61.2 Å². The van der Waals surface area contributed by atoms with Crippen molar-refractivity contribution in [1.29, 1.82) is 0 Å². The van der Waals surface area contributed by atoms with Crippen LogP contribution in [0.1, 0.15) is 30.3 Å². The SMILES string of the molecule is CCc1ccc(NC(=O)CSc2nnc(CCCOc3ccc(Cl)cc3C)n2C)cc1. The summed E-state index contributed by atoms with van der Waals surface area (Å²) < 4.78 is 7.77. The van der Waals surface area contributed by atoms with Crippen LogP contribution in [0.15, 0.2) is 47.6 Å². The summed E-state index contributed by atoms with van der Waals surface area (Å²) in [6.45, 7) is 4.66. The van der Waals surface area contributed by atoms with E-state index in [1.165, 1.54) is 17.3 Å². The predicted molar refractivity (Wildman–Crippen MR) is 126 cm³/mol. The topological polar surface area (TPSA) is 69.0 Å². The Bertz CT molecular complexity index is 1020. The standard InChI is InChI=1S/C23H27ClN4O2S/c1-4-17-7-10-19(11-8-17)25-22(29)15-31-23-27-26-21(28(23)3)6-5-13-30-20-12-9-18(24)14-16(20)2/h7-12,14H,4-6,13,15H2,1-3H3,(H,25,29). The number of hydrogen-bond donors (Lipinski definition) is 1. The summed E-state index contributed by atoms with van der Waals surface area (Å²) in [5, 5.41) is 12.8. The van der Waals surface area contributed by atoms with Crippen LogP contribution in [0.4, 0.5) is 5.69 Å². The van der Waals surface area contributed by atoms with Gasteiger partial charge in [0, 0.05) is 24.2 Å². The molecule has 1 N–H and O–H groups in total. The Morgan fingerprint density at radius 1 is 1.19 bits per heavy atom. The lowest BCUT2D eigenvalue weighted by Crippen LogP contribution is -2.14. The molecule has 31 heavy (non-hydrogen) atoms. The molecule has 0 aliphatic rings. The van der Waals surface area contributed by atoms with Crippen LogP contribution in [0.25, 0.3) is 0 Å². The zero-order valence-corrected chi connectivity index (χ0v) is 19.6. The first kappa shape index (κ1) is 23.2. The fraction of sp³-hybridized carbons (Fsp3) is 0.348. The van der Waals surface area contributed by atoms with Gasteiger partial charge in [-0.3, -0.25) is 4.79 Å². The molecule has 0 saturated heterocycles. The molecule has 3 aromatic rings. The molecular weight excluding hydrogens is 432 g/mol. The highest BCUT2D eigenvalue weighted by Gasteiger charge is 2.12. The molecule has 2 aromatic carbocycles. The molecule has 0 atom stereocenters. The van der Waals surface area contributed by atoms with E-state index in [1.807, 2.05) is 61.0 Å². The molecule has 0 saturated carbocycles. The molecular formula is C23H27ClN4O2S. The number of carbonyl (C=O) groups is 1. The fourth-order valence-electron chi connectivity index (χ4n) is 3.03. The Hall–Kier alpha value is -2.51. The minimum Gasteiger partial charge on any atom is -0.493 e. The largest absolute Gasteiger partial charge is 0.493 e.